The van der Waals surface area contributed by atoms with Crippen LogP contribution in [-0.2, 0) is 10.8 Å². The second kappa shape index (κ2) is 6.89. The maximum Gasteiger partial charge on any atom is 0.337 e. The van der Waals surface area contributed by atoms with Crippen molar-refractivity contribution in [1.29, 1.82) is 0 Å². The van der Waals surface area contributed by atoms with Gasteiger partial charge in [-0.25, -0.2) is 9.59 Å². The van der Waals surface area contributed by atoms with Crippen LogP contribution in [0.25, 0.3) is 0 Å². The van der Waals surface area contributed by atoms with E-state index in [2.05, 4.69) is 10.6 Å². The minimum atomic E-state index is -1.11. The number of hydrogen-bond acceptors (Lipinski definition) is 3. The number of carbonyl (C=O) groups excluding carboxylic acids is 1. The van der Waals surface area contributed by atoms with Crippen LogP contribution in [0.5, 0.6) is 0 Å². The van der Waals surface area contributed by atoms with Crippen molar-refractivity contribution < 1.29 is 18.9 Å². The van der Waals surface area contributed by atoms with E-state index in [1.165, 1.54) is 12.1 Å². The van der Waals surface area contributed by atoms with E-state index in [4.69, 9.17) is 5.11 Å². The Hall–Kier alpha value is -1.89. The van der Waals surface area contributed by atoms with Crippen molar-refractivity contribution in [1.82, 2.24) is 5.32 Å². The van der Waals surface area contributed by atoms with Gasteiger partial charge in [-0.3, -0.25) is 4.21 Å². The Morgan fingerprint density at radius 1 is 1.37 bits per heavy atom. The van der Waals surface area contributed by atoms with Gasteiger partial charge in [-0.15, -0.1) is 0 Å². The molecule has 6 nitrogen and oxygen atoms in total. The number of anilines is 1. The van der Waals surface area contributed by atoms with Gasteiger partial charge in [0.05, 0.1) is 11.3 Å². The molecule has 0 aliphatic carbocycles. The second-order valence-corrected chi connectivity index (χ2v) is 5.80. The van der Waals surface area contributed by atoms with Gasteiger partial charge >= 0.3 is 12.0 Å². The Kier molecular flexibility index (Phi) is 5.50. The number of aromatic carboxylic acids is 1. The Labute approximate surface area is 113 Å². The minimum Gasteiger partial charge on any atom is -0.478 e. The summed E-state index contributed by atoms with van der Waals surface area (Å²) in [7, 11) is -1.02. The quantitative estimate of drug-likeness (QED) is 0.758. The van der Waals surface area contributed by atoms with Crippen LogP contribution in [0.15, 0.2) is 24.3 Å². The summed E-state index contributed by atoms with van der Waals surface area (Å²) < 4.78 is 11.1. The summed E-state index contributed by atoms with van der Waals surface area (Å²) >= 11 is 0. The average Bonchev–Trinajstić information content (AvgIpc) is 2.36. The van der Waals surface area contributed by atoms with Crippen molar-refractivity contribution in [2.45, 2.75) is 12.2 Å². The molecule has 1 rings (SSSR count). The highest BCUT2D eigenvalue weighted by Crippen LogP contribution is 2.14. The van der Waals surface area contributed by atoms with Crippen LogP contribution in [0.1, 0.15) is 17.3 Å². The summed E-state index contributed by atoms with van der Waals surface area (Å²) in [5, 5.41) is 13.8. The molecule has 2 amide bonds. The van der Waals surface area contributed by atoms with E-state index in [0.717, 1.165) is 0 Å². The van der Waals surface area contributed by atoms with Gasteiger partial charge in [0.15, 0.2) is 0 Å². The molecule has 2 atom stereocenters. The topological polar surface area (TPSA) is 95.5 Å². The van der Waals surface area contributed by atoms with E-state index in [0.29, 0.717) is 0 Å². The van der Waals surface area contributed by atoms with Gasteiger partial charge in [-0.1, -0.05) is 12.1 Å². The number of benzene rings is 1. The Bertz CT molecular complexity index is 504. The number of carboxylic acid groups (broad SMARTS) is 1. The first-order valence-corrected chi connectivity index (χ1v) is 7.23. The molecule has 1 aromatic rings. The maximum absolute atomic E-state index is 11.6. The molecule has 1 aromatic carbocycles. The smallest absolute Gasteiger partial charge is 0.337 e. The largest absolute Gasteiger partial charge is 0.478 e. The standard InChI is InChI=1S/C12H16N2O4S/c1-8(19(2)18)7-13-12(17)14-10-6-4-3-5-9(10)11(15)16/h3-6,8H,7H2,1-2H3,(H,15,16)(H2,13,14,17). The molecule has 0 radical (unpaired) electrons. The number of hydrogen-bond donors (Lipinski definition) is 3. The van der Waals surface area contributed by atoms with E-state index >= 15 is 0 Å². The van der Waals surface area contributed by atoms with E-state index in [9.17, 15) is 13.8 Å². The number of para-hydroxylation sites is 1. The molecule has 0 aromatic heterocycles. The number of nitrogens with one attached hydrogen (secondary N) is 2. The lowest BCUT2D eigenvalue weighted by Crippen LogP contribution is -2.35. The van der Waals surface area contributed by atoms with Crippen molar-refractivity contribution in [2.75, 3.05) is 18.1 Å². The highest BCUT2D eigenvalue weighted by molar-refractivity contribution is 7.84. The molecule has 0 bridgehead atoms. The summed E-state index contributed by atoms with van der Waals surface area (Å²) in [6.45, 7) is 2.01. The normalized spacial score (nSPS) is 13.4. The van der Waals surface area contributed by atoms with Crippen molar-refractivity contribution in [3.8, 4) is 0 Å². The third-order valence-corrected chi connectivity index (χ3v) is 3.82. The van der Waals surface area contributed by atoms with Gasteiger partial charge < -0.3 is 15.7 Å². The van der Waals surface area contributed by atoms with Crippen LogP contribution in [-0.4, -0.2) is 39.4 Å². The maximum atomic E-state index is 11.6. The van der Waals surface area contributed by atoms with E-state index in [1.54, 1.807) is 25.3 Å². The lowest BCUT2D eigenvalue weighted by molar-refractivity contribution is 0.0698. The van der Waals surface area contributed by atoms with E-state index in [-0.39, 0.29) is 23.0 Å². The fourth-order valence-electron chi connectivity index (χ4n) is 1.30. The molecule has 0 spiro atoms. The predicted octanol–water partition coefficient (Wildman–Crippen LogP) is 1.27. The third-order valence-electron chi connectivity index (χ3n) is 2.52. The minimum absolute atomic E-state index is 0.0183. The number of urea groups is 1. The first-order valence-electron chi connectivity index (χ1n) is 5.61. The predicted molar refractivity (Wildman–Crippen MR) is 74.0 cm³/mol. The van der Waals surface area contributed by atoms with Gasteiger partial charge in [-0.2, -0.15) is 0 Å². The van der Waals surface area contributed by atoms with Crippen molar-refractivity contribution in [3.63, 3.8) is 0 Å². The summed E-state index contributed by atoms with van der Waals surface area (Å²) in [6.07, 6.45) is 1.56. The summed E-state index contributed by atoms with van der Waals surface area (Å²) in [4.78, 5) is 22.5. The Morgan fingerprint density at radius 3 is 2.58 bits per heavy atom. The zero-order valence-corrected chi connectivity index (χ0v) is 11.5. The monoisotopic (exact) mass is 284 g/mol. The zero-order valence-electron chi connectivity index (χ0n) is 10.7. The number of carboxylic acids is 1. The number of amides is 2. The molecule has 104 valence electrons. The molecule has 0 heterocycles. The fourth-order valence-corrected chi connectivity index (χ4v) is 1.62. The molecule has 3 N–H and O–H groups in total. The van der Waals surface area contributed by atoms with Gasteiger partial charge in [0.25, 0.3) is 0 Å². The van der Waals surface area contributed by atoms with Crippen LogP contribution in [0, 0.1) is 0 Å². The van der Waals surface area contributed by atoms with E-state index in [1.807, 2.05) is 0 Å². The SMILES string of the molecule is CC(CNC(=O)Nc1ccccc1C(=O)O)S(C)=O. The summed E-state index contributed by atoms with van der Waals surface area (Å²) in [5.74, 6) is -1.11. The van der Waals surface area contributed by atoms with Gasteiger partial charge in [0.1, 0.15) is 0 Å². The number of carbonyl (C=O) groups is 2. The Balaban J connectivity index is 2.63. The molecule has 2 unspecified atom stereocenters. The molecular formula is C12H16N2O4S. The van der Waals surface area contributed by atoms with E-state index < -0.39 is 22.8 Å². The van der Waals surface area contributed by atoms with Crippen molar-refractivity contribution in [2.24, 2.45) is 0 Å². The first-order chi connectivity index (χ1) is 8.91. The summed E-state index contributed by atoms with van der Waals surface area (Å²) in [6, 6.07) is 5.60. The fraction of sp³-hybridized carbons (Fsp3) is 0.333. The van der Waals surface area contributed by atoms with Gasteiger partial charge in [0, 0.05) is 28.9 Å². The second-order valence-electron chi connectivity index (χ2n) is 3.99. The molecule has 0 saturated carbocycles. The third kappa shape index (κ3) is 4.70. The lowest BCUT2D eigenvalue weighted by atomic mass is 10.2. The van der Waals surface area contributed by atoms with Crippen LogP contribution >= 0.6 is 0 Å². The first kappa shape index (κ1) is 15.2. The Morgan fingerprint density at radius 2 is 2.00 bits per heavy atom. The highest BCUT2D eigenvalue weighted by atomic mass is 32.2. The van der Waals surface area contributed by atoms with Crippen molar-refractivity contribution >= 4 is 28.5 Å². The van der Waals surface area contributed by atoms with Crippen LogP contribution in [0.3, 0.4) is 0 Å². The average molecular weight is 284 g/mol. The molecule has 0 aliphatic rings. The molecule has 7 heteroatoms. The molecule has 19 heavy (non-hydrogen) atoms. The van der Waals surface area contributed by atoms with Gasteiger partial charge in [-0.05, 0) is 19.1 Å². The summed E-state index contributed by atoms with van der Waals surface area (Å²) in [5.41, 5.74) is 0.238. The van der Waals surface area contributed by atoms with Crippen LogP contribution < -0.4 is 10.6 Å². The van der Waals surface area contributed by atoms with Crippen molar-refractivity contribution in [3.05, 3.63) is 29.8 Å². The highest BCUT2D eigenvalue weighted by Gasteiger charge is 2.12. The van der Waals surface area contributed by atoms with Crippen LogP contribution in [0.4, 0.5) is 10.5 Å². The zero-order chi connectivity index (χ0) is 14.4. The molecule has 0 aliphatic heterocycles. The van der Waals surface area contributed by atoms with Crippen LogP contribution in [0.2, 0.25) is 0 Å². The molecule has 0 saturated heterocycles. The van der Waals surface area contributed by atoms with Gasteiger partial charge in [0.2, 0.25) is 0 Å². The lowest BCUT2D eigenvalue weighted by Gasteiger charge is -2.12. The molecular weight excluding hydrogens is 268 g/mol. The molecule has 0 fully saturated rings. The number of rotatable bonds is 5.